The van der Waals surface area contributed by atoms with E-state index in [1.54, 1.807) is 58.0 Å². The first-order valence-electron chi connectivity index (χ1n) is 11.4. The molecule has 13 heteroatoms. The highest BCUT2D eigenvalue weighted by atomic mass is 31.2. The molecule has 1 aromatic heterocycles. The van der Waals surface area contributed by atoms with Crippen LogP contribution in [0.5, 0.6) is 5.75 Å². The molecule has 1 fully saturated rings. The van der Waals surface area contributed by atoms with Crippen molar-refractivity contribution in [2.75, 3.05) is 6.61 Å². The van der Waals surface area contributed by atoms with Gasteiger partial charge in [0, 0.05) is 17.7 Å². The van der Waals surface area contributed by atoms with E-state index in [1.165, 1.54) is 19.2 Å². The third kappa shape index (κ3) is 6.51. The van der Waals surface area contributed by atoms with Crippen LogP contribution in [0.25, 0.3) is 0 Å². The van der Waals surface area contributed by atoms with E-state index < -0.39 is 61.5 Å². The van der Waals surface area contributed by atoms with Crippen molar-refractivity contribution in [3.8, 4) is 5.75 Å². The van der Waals surface area contributed by atoms with E-state index >= 15 is 0 Å². The van der Waals surface area contributed by atoms with E-state index in [9.17, 15) is 24.1 Å². The summed E-state index contributed by atoms with van der Waals surface area (Å²) in [6.45, 7) is 7.79. The summed E-state index contributed by atoms with van der Waals surface area (Å²) in [4.78, 5) is 38.2. The molecule has 0 bridgehead atoms. The molecule has 36 heavy (non-hydrogen) atoms. The topological polar surface area (TPSA) is 158 Å². The van der Waals surface area contributed by atoms with E-state index in [0.29, 0.717) is 0 Å². The molecule has 12 nitrogen and oxygen atoms in total. The molecule has 1 unspecified atom stereocenters. The normalized spacial score (nSPS) is 23.7. The second kappa shape index (κ2) is 11.1. The molecule has 0 saturated carbocycles. The molecule has 5 atom stereocenters. The fourth-order valence-corrected chi connectivity index (χ4v) is 5.22. The van der Waals surface area contributed by atoms with Crippen LogP contribution in [0, 0.1) is 5.41 Å². The van der Waals surface area contributed by atoms with Crippen molar-refractivity contribution in [3.05, 3.63) is 63.4 Å². The highest BCUT2D eigenvalue weighted by Gasteiger charge is 2.52. The molecule has 3 rings (SSSR count). The zero-order chi connectivity index (χ0) is 26.7. The molecule has 3 N–H and O–H groups in total. The molecule has 1 aliphatic heterocycles. The van der Waals surface area contributed by atoms with Crippen molar-refractivity contribution in [2.45, 2.75) is 65.2 Å². The van der Waals surface area contributed by atoms with Gasteiger partial charge in [-0.3, -0.25) is 23.7 Å². The zero-order valence-corrected chi connectivity index (χ0v) is 21.6. The number of nitrogens with zero attached hydrogens (tertiary/aromatic N) is 1. The van der Waals surface area contributed by atoms with Gasteiger partial charge in [-0.2, -0.15) is 5.09 Å². The maximum Gasteiger partial charge on any atom is 0.459 e. The minimum absolute atomic E-state index is 0.226. The smallest absolute Gasteiger partial charge is 0.459 e. The number of rotatable bonds is 10. The average Bonchev–Trinajstić information content (AvgIpc) is 3.01. The van der Waals surface area contributed by atoms with Gasteiger partial charge in [-0.1, -0.05) is 32.0 Å². The Morgan fingerprint density at radius 1 is 1.22 bits per heavy atom. The Morgan fingerprint density at radius 2 is 1.89 bits per heavy atom. The number of nitrogens with one attached hydrogen (secondary N) is 2. The highest BCUT2D eigenvalue weighted by Crippen LogP contribution is 2.48. The number of H-pyrrole nitrogens is 1. The van der Waals surface area contributed by atoms with Gasteiger partial charge in [0.25, 0.3) is 5.56 Å². The van der Waals surface area contributed by atoms with Gasteiger partial charge in [-0.15, -0.1) is 0 Å². The number of aliphatic hydroxyl groups excluding tert-OH is 1. The van der Waals surface area contributed by atoms with Gasteiger partial charge in [-0.25, -0.2) is 9.36 Å². The molecule has 1 aliphatic rings. The van der Waals surface area contributed by atoms with Crippen molar-refractivity contribution >= 4 is 13.7 Å². The molecule has 0 radical (unpaired) electrons. The minimum atomic E-state index is -4.18. The second-order valence-corrected chi connectivity index (χ2v) is 11.0. The quantitative estimate of drug-likeness (QED) is 0.309. The Morgan fingerprint density at radius 3 is 2.50 bits per heavy atom. The molecule has 2 heterocycles. The number of aromatic amines is 1. The Bertz CT molecular complexity index is 1210. The second-order valence-electron chi connectivity index (χ2n) is 9.34. The lowest BCUT2D eigenvalue weighted by Gasteiger charge is -2.29. The predicted molar refractivity (Wildman–Crippen MR) is 129 cm³/mol. The van der Waals surface area contributed by atoms with Crippen LogP contribution >= 0.6 is 7.75 Å². The number of carbonyl (C=O) groups is 1. The fourth-order valence-electron chi connectivity index (χ4n) is 3.71. The van der Waals surface area contributed by atoms with Crippen LogP contribution in [0.2, 0.25) is 0 Å². The van der Waals surface area contributed by atoms with Crippen LogP contribution in [0.3, 0.4) is 0 Å². The number of hydrogen-bond donors (Lipinski definition) is 3. The summed E-state index contributed by atoms with van der Waals surface area (Å²) < 4.78 is 37.1. The lowest BCUT2D eigenvalue weighted by atomic mass is 9.84. The summed E-state index contributed by atoms with van der Waals surface area (Å²) in [5.41, 5.74) is -2.25. The van der Waals surface area contributed by atoms with Crippen LogP contribution in [-0.2, 0) is 23.4 Å². The maximum atomic E-state index is 13.7. The predicted octanol–water partition coefficient (Wildman–Crippen LogP) is 1.95. The van der Waals surface area contributed by atoms with E-state index in [4.69, 9.17) is 18.5 Å². The lowest BCUT2D eigenvalue weighted by molar-refractivity contribution is -0.149. The maximum absolute atomic E-state index is 13.7. The Hall–Kier alpha value is -2.76. The summed E-state index contributed by atoms with van der Waals surface area (Å²) in [7, 11) is -4.18. The molecule has 1 saturated heterocycles. The third-order valence-corrected chi connectivity index (χ3v) is 7.24. The van der Waals surface area contributed by atoms with Gasteiger partial charge in [0.2, 0.25) is 0 Å². The summed E-state index contributed by atoms with van der Waals surface area (Å²) in [6.07, 6.45) is -2.22. The minimum Gasteiger partial charge on any atom is -0.462 e. The number of benzene rings is 1. The van der Waals surface area contributed by atoms with Crippen molar-refractivity contribution in [3.63, 3.8) is 0 Å². The first-order chi connectivity index (χ1) is 16.8. The van der Waals surface area contributed by atoms with Crippen LogP contribution < -0.4 is 20.9 Å². The summed E-state index contributed by atoms with van der Waals surface area (Å²) in [5.74, 6) is -0.426. The summed E-state index contributed by atoms with van der Waals surface area (Å²) >= 11 is 0. The lowest BCUT2D eigenvalue weighted by Crippen LogP contribution is -2.40. The van der Waals surface area contributed by atoms with Crippen molar-refractivity contribution in [2.24, 2.45) is 5.41 Å². The average molecular weight is 525 g/mol. The van der Waals surface area contributed by atoms with Crippen LogP contribution in [-0.4, -0.2) is 51.6 Å². The van der Waals surface area contributed by atoms with Crippen molar-refractivity contribution in [1.29, 1.82) is 0 Å². The van der Waals surface area contributed by atoms with Gasteiger partial charge in [-0.05, 0) is 32.9 Å². The highest BCUT2D eigenvalue weighted by molar-refractivity contribution is 7.52. The number of aromatic nitrogens is 2. The van der Waals surface area contributed by atoms with Crippen molar-refractivity contribution < 1.29 is 33.0 Å². The number of hydrogen-bond acceptors (Lipinski definition) is 9. The third-order valence-electron chi connectivity index (χ3n) is 5.59. The SMILES string of the molecule is CC(C)OC(=O)[C@@H](C)NP(=O)(OC[C@H]1O[C@@H](n2ccc(=O)[nH]c2=O)C(C)(C)[C@@H]1O)Oc1ccccc1. The molecular weight excluding hydrogens is 493 g/mol. The molecule has 0 spiro atoms. The number of ether oxygens (including phenoxy) is 2. The summed E-state index contributed by atoms with van der Waals surface area (Å²) in [6, 6.07) is 8.36. The largest absolute Gasteiger partial charge is 0.462 e. The monoisotopic (exact) mass is 525 g/mol. The summed E-state index contributed by atoms with van der Waals surface area (Å²) in [5, 5.41) is 13.5. The Balaban J connectivity index is 1.80. The van der Waals surface area contributed by atoms with Crippen LogP contribution in [0.4, 0.5) is 0 Å². The molecule has 0 amide bonds. The molecular formula is C23H32N3O9P. The van der Waals surface area contributed by atoms with Crippen LogP contribution in [0.15, 0.2) is 52.2 Å². The van der Waals surface area contributed by atoms with Gasteiger partial charge >= 0.3 is 19.4 Å². The van der Waals surface area contributed by atoms with E-state index in [1.807, 2.05) is 0 Å². The molecule has 1 aromatic carbocycles. The number of esters is 1. The molecule has 2 aromatic rings. The van der Waals surface area contributed by atoms with E-state index in [-0.39, 0.29) is 11.9 Å². The molecule has 0 aliphatic carbocycles. The van der Waals surface area contributed by atoms with Gasteiger partial charge in [0.15, 0.2) is 0 Å². The van der Waals surface area contributed by atoms with Crippen molar-refractivity contribution in [1.82, 2.24) is 14.6 Å². The standard InChI is InChI=1S/C23H32N3O9P/c1-14(2)33-20(29)15(3)25-36(31,35-16-9-7-6-8-10-16)32-13-17-19(28)23(4,5)21(34-17)26-12-11-18(27)24-22(26)30/h6-12,14-15,17,19,21,28H,13H2,1-5H3,(H,25,31)(H,24,27,30)/t15-,17-,19-,21-,36?/m1/s1. The molecule has 198 valence electrons. The fraction of sp³-hybridized carbons (Fsp3) is 0.522. The number of aliphatic hydroxyl groups is 1. The Labute approximate surface area is 208 Å². The van der Waals surface area contributed by atoms with E-state index in [2.05, 4.69) is 10.1 Å². The van der Waals surface area contributed by atoms with Gasteiger partial charge in [0.05, 0.1) is 18.8 Å². The zero-order valence-electron chi connectivity index (χ0n) is 20.7. The number of carbonyl (C=O) groups excluding carboxylic acids is 1. The van der Waals surface area contributed by atoms with Gasteiger partial charge < -0.3 is 19.1 Å². The Kier molecular flexibility index (Phi) is 8.58. The van der Waals surface area contributed by atoms with Gasteiger partial charge in [0.1, 0.15) is 24.1 Å². The van der Waals surface area contributed by atoms with Crippen LogP contribution in [0.1, 0.15) is 40.8 Å². The first-order valence-corrected chi connectivity index (χ1v) is 13.0. The number of para-hydroxylation sites is 1. The first kappa shape index (κ1) is 27.8. The van der Waals surface area contributed by atoms with E-state index in [0.717, 1.165) is 4.57 Å².